The van der Waals surface area contributed by atoms with Gasteiger partial charge in [0.25, 0.3) is 0 Å². The number of benzene rings is 1. The van der Waals surface area contributed by atoms with Crippen molar-refractivity contribution in [1.29, 1.82) is 0 Å². The van der Waals surface area contributed by atoms with Gasteiger partial charge in [-0.25, -0.2) is 17.2 Å². The molecule has 1 fully saturated rings. The fourth-order valence-corrected chi connectivity index (χ4v) is 4.48. The molecule has 2 unspecified atom stereocenters. The Morgan fingerprint density at radius 1 is 1.32 bits per heavy atom. The first-order valence-corrected chi connectivity index (χ1v) is 7.92. The fraction of sp³-hybridized carbons (Fsp3) is 0.538. The van der Waals surface area contributed by atoms with Crippen molar-refractivity contribution in [3.05, 3.63) is 29.8 Å². The topological polar surface area (TPSA) is 46.2 Å². The van der Waals surface area contributed by atoms with Crippen molar-refractivity contribution >= 4 is 9.84 Å². The summed E-state index contributed by atoms with van der Waals surface area (Å²) in [6.45, 7) is 2.72. The molecule has 0 radical (unpaired) electrons. The maximum Gasteiger partial charge on any atom is 0.184 e. The van der Waals surface area contributed by atoms with Crippen LogP contribution in [0.25, 0.3) is 0 Å². The molecule has 1 aliphatic carbocycles. The summed E-state index contributed by atoms with van der Waals surface area (Å²) in [5.74, 6) is -1.62. The number of nitrogens with one attached hydrogen (secondary N) is 1. The van der Waals surface area contributed by atoms with Crippen molar-refractivity contribution in [3.8, 4) is 0 Å². The van der Waals surface area contributed by atoms with Crippen molar-refractivity contribution in [3.63, 3.8) is 0 Å². The molecule has 0 spiro atoms. The molecule has 0 aliphatic heterocycles. The van der Waals surface area contributed by atoms with E-state index in [1.165, 1.54) is 0 Å². The maximum atomic E-state index is 13.6. The standard InChI is InChI=1S/C13H17F2NO2S/c1-2-16-10-4-5-11(8-10)19(17,18)13-7-9(14)3-6-12(13)15/h3,6-7,10-11,16H,2,4-5,8H2,1H3. The van der Waals surface area contributed by atoms with E-state index < -0.39 is 31.6 Å². The van der Waals surface area contributed by atoms with Gasteiger partial charge in [0.1, 0.15) is 16.5 Å². The van der Waals surface area contributed by atoms with Gasteiger partial charge in [0, 0.05) is 6.04 Å². The molecule has 106 valence electrons. The van der Waals surface area contributed by atoms with E-state index >= 15 is 0 Å². The Hall–Kier alpha value is -1.01. The Morgan fingerprint density at radius 2 is 2.05 bits per heavy atom. The Labute approximate surface area is 111 Å². The van der Waals surface area contributed by atoms with Crippen LogP contribution in [0, 0.1) is 11.6 Å². The number of sulfone groups is 1. The predicted octanol–water partition coefficient (Wildman–Crippen LogP) is 2.27. The van der Waals surface area contributed by atoms with Crippen molar-refractivity contribution in [2.45, 2.75) is 42.4 Å². The van der Waals surface area contributed by atoms with Crippen LogP contribution in [0.1, 0.15) is 26.2 Å². The molecule has 1 aromatic carbocycles. The van der Waals surface area contributed by atoms with Gasteiger partial charge in [0.05, 0.1) is 5.25 Å². The third kappa shape index (κ3) is 2.95. The van der Waals surface area contributed by atoms with E-state index in [9.17, 15) is 17.2 Å². The molecular weight excluding hydrogens is 272 g/mol. The average molecular weight is 289 g/mol. The van der Waals surface area contributed by atoms with Crippen LogP contribution < -0.4 is 5.32 Å². The highest BCUT2D eigenvalue weighted by atomic mass is 32.2. The van der Waals surface area contributed by atoms with Crippen molar-refractivity contribution in [2.75, 3.05) is 6.54 Å². The zero-order chi connectivity index (χ0) is 14.0. The van der Waals surface area contributed by atoms with E-state index in [1.807, 2.05) is 6.92 Å². The van der Waals surface area contributed by atoms with Crippen molar-refractivity contribution in [2.24, 2.45) is 0 Å². The zero-order valence-electron chi connectivity index (χ0n) is 10.7. The van der Waals surface area contributed by atoms with Gasteiger partial charge in [-0.05, 0) is 44.0 Å². The lowest BCUT2D eigenvalue weighted by Crippen LogP contribution is -2.28. The summed E-state index contributed by atoms with van der Waals surface area (Å²) in [7, 11) is -3.80. The second-order valence-corrected chi connectivity index (χ2v) is 7.01. The summed E-state index contributed by atoms with van der Waals surface area (Å²) in [6.07, 6.45) is 1.68. The lowest BCUT2D eigenvalue weighted by atomic mass is 10.2. The highest BCUT2D eigenvalue weighted by Crippen LogP contribution is 2.31. The van der Waals surface area contributed by atoms with Crippen molar-refractivity contribution in [1.82, 2.24) is 5.32 Å². The molecule has 1 aliphatic rings. The third-order valence-electron chi connectivity index (χ3n) is 3.52. The van der Waals surface area contributed by atoms with E-state index in [1.54, 1.807) is 0 Å². The molecule has 3 nitrogen and oxygen atoms in total. The van der Waals surface area contributed by atoms with E-state index in [2.05, 4.69) is 5.32 Å². The summed E-state index contributed by atoms with van der Waals surface area (Å²) in [4.78, 5) is -0.519. The Bertz CT molecular complexity index is 560. The normalized spacial score (nSPS) is 23.7. The molecule has 2 rings (SSSR count). The fourth-order valence-electron chi connectivity index (χ4n) is 2.57. The smallest absolute Gasteiger partial charge is 0.184 e. The van der Waals surface area contributed by atoms with Crippen LogP contribution in [0.4, 0.5) is 8.78 Å². The second-order valence-electron chi connectivity index (χ2n) is 4.81. The van der Waals surface area contributed by atoms with Crippen LogP contribution >= 0.6 is 0 Å². The Kier molecular flexibility index (Phi) is 4.20. The third-order valence-corrected chi connectivity index (χ3v) is 5.75. The summed E-state index contributed by atoms with van der Waals surface area (Å²) < 4.78 is 51.4. The Morgan fingerprint density at radius 3 is 2.74 bits per heavy atom. The second kappa shape index (κ2) is 5.54. The van der Waals surface area contributed by atoms with Crippen LogP contribution in [0.5, 0.6) is 0 Å². The molecule has 1 aromatic rings. The van der Waals surface area contributed by atoms with Gasteiger partial charge in [-0.3, -0.25) is 0 Å². The first kappa shape index (κ1) is 14.4. The number of hydrogen-bond acceptors (Lipinski definition) is 3. The van der Waals surface area contributed by atoms with Crippen LogP contribution in [-0.4, -0.2) is 26.3 Å². The monoisotopic (exact) mass is 289 g/mol. The highest BCUT2D eigenvalue weighted by molar-refractivity contribution is 7.92. The first-order chi connectivity index (χ1) is 8.95. The van der Waals surface area contributed by atoms with Gasteiger partial charge >= 0.3 is 0 Å². The number of halogens is 2. The molecule has 0 aromatic heterocycles. The van der Waals surface area contributed by atoms with Gasteiger partial charge in [0.2, 0.25) is 0 Å². The molecule has 1 N–H and O–H groups in total. The van der Waals surface area contributed by atoms with Crippen LogP contribution in [0.3, 0.4) is 0 Å². The lowest BCUT2D eigenvalue weighted by Gasteiger charge is -2.13. The molecule has 1 saturated carbocycles. The Balaban J connectivity index is 2.26. The van der Waals surface area contributed by atoms with Gasteiger partial charge in [-0.15, -0.1) is 0 Å². The summed E-state index contributed by atoms with van der Waals surface area (Å²) >= 11 is 0. The number of hydrogen-bond donors (Lipinski definition) is 1. The SMILES string of the molecule is CCNC1CCC(S(=O)(=O)c2cc(F)ccc2F)C1. The van der Waals surface area contributed by atoms with Crippen LogP contribution in [-0.2, 0) is 9.84 Å². The van der Waals surface area contributed by atoms with Crippen LogP contribution in [0.15, 0.2) is 23.1 Å². The van der Waals surface area contributed by atoms with Crippen LogP contribution in [0.2, 0.25) is 0 Å². The maximum absolute atomic E-state index is 13.6. The molecule has 0 heterocycles. The molecule has 2 atom stereocenters. The minimum absolute atomic E-state index is 0.140. The molecule has 6 heteroatoms. The van der Waals surface area contributed by atoms with E-state index in [0.717, 1.165) is 31.2 Å². The molecular formula is C13H17F2NO2S. The predicted molar refractivity (Wildman–Crippen MR) is 68.6 cm³/mol. The first-order valence-electron chi connectivity index (χ1n) is 6.37. The molecule has 0 amide bonds. The quantitative estimate of drug-likeness (QED) is 0.925. The van der Waals surface area contributed by atoms with Gasteiger partial charge < -0.3 is 5.32 Å². The van der Waals surface area contributed by atoms with Crippen molar-refractivity contribution < 1.29 is 17.2 Å². The average Bonchev–Trinajstić information content (AvgIpc) is 2.82. The molecule has 19 heavy (non-hydrogen) atoms. The summed E-state index contributed by atoms with van der Waals surface area (Å²) in [5.41, 5.74) is 0. The van der Waals surface area contributed by atoms with E-state index in [0.29, 0.717) is 12.8 Å². The summed E-state index contributed by atoms with van der Waals surface area (Å²) in [5, 5.41) is 2.56. The molecule has 0 saturated heterocycles. The van der Waals surface area contributed by atoms with Gasteiger partial charge in [-0.1, -0.05) is 6.92 Å². The minimum atomic E-state index is -3.80. The summed E-state index contributed by atoms with van der Waals surface area (Å²) in [6, 6.07) is 2.69. The number of rotatable bonds is 4. The highest BCUT2D eigenvalue weighted by Gasteiger charge is 2.36. The van der Waals surface area contributed by atoms with E-state index in [-0.39, 0.29) is 6.04 Å². The largest absolute Gasteiger partial charge is 0.314 e. The van der Waals surface area contributed by atoms with Gasteiger partial charge in [-0.2, -0.15) is 0 Å². The molecule has 0 bridgehead atoms. The van der Waals surface area contributed by atoms with Gasteiger partial charge in [0.15, 0.2) is 9.84 Å². The lowest BCUT2D eigenvalue weighted by molar-refractivity contribution is 0.530. The van der Waals surface area contributed by atoms with E-state index in [4.69, 9.17) is 0 Å². The zero-order valence-corrected chi connectivity index (χ0v) is 11.5. The minimum Gasteiger partial charge on any atom is -0.314 e.